The van der Waals surface area contributed by atoms with Crippen molar-refractivity contribution in [2.45, 2.75) is 110 Å². The van der Waals surface area contributed by atoms with E-state index in [0.29, 0.717) is 18.1 Å². The van der Waals surface area contributed by atoms with Gasteiger partial charge >= 0.3 is 6.03 Å². The van der Waals surface area contributed by atoms with Crippen LogP contribution in [-0.2, 0) is 0 Å². The van der Waals surface area contributed by atoms with Crippen molar-refractivity contribution in [1.29, 1.82) is 0 Å². The van der Waals surface area contributed by atoms with Gasteiger partial charge in [0.05, 0.1) is 0 Å². The number of fused-ring (bicyclic) bond motifs is 2. The first-order valence-electron chi connectivity index (χ1n) is 9.78. The lowest BCUT2D eigenvalue weighted by Gasteiger charge is -2.49. The van der Waals surface area contributed by atoms with Gasteiger partial charge in [-0.1, -0.05) is 19.8 Å². The maximum Gasteiger partial charge on any atom is 0.318 e. The third-order valence-corrected chi connectivity index (χ3v) is 5.57. The van der Waals surface area contributed by atoms with Gasteiger partial charge in [0.25, 0.3) is 0 Å². The van der Waals surface area contributed by atoms with Gasteiger partial charge in [0.2, 0.25) is 0 Å². The van der Waals surface area contributed by atoms with Gasteiger partial charge in [-0.15, -0.1) is 0 Å². The molecule has 2 rings (SSSR count). The number of urea groups is 1. The summed E-state index contributed by atoms with van der Waals surface area (Å²) in [5.74, 6) is 0. The van der Waals surface area contributed by atoms with Crippen LogP contribution < -0.4 is 5.32 Å². The van der Waals surface area contributed by atoms with Gasteiger partial charge in [0.1, 0.15) is 0 Å². The summed E-state index contributed by atoms with van der Waals surface area (Å²) in [6, 6.07) is 2.35. The second-order valence-corrected chi connectivity index (χ2v) is 8.04. The number of piperidine rings is 2. The summed E-state index contributed by atoms with van der Waals surface area (Å²) in [4.78, 5) is 17.4. The lowest BCUT2D eigenvalue weighted by Crippen LogP contribution is -2.59. The van der Waals surface area contributed by atoms with E-state index in [1.165, 1.54) is 38.6 Å². The molecule has 2 aliphatic rings. The second-order valence-electron chi connectivity index (χ2n) is 8.04. The van der Waals surface area contributed by atoms with Crippen LogP contribution in [0.1, 0.15) is 79.6 Å². The highest BCUT2D eigenvalue weighted by atomic mass is 16.2. The Labute approximate surface area is 143 Å². The summed E-state index contributed by atoms with van der Waals surface area (Å²) in [6.45, 7) is 11.9. The number of hydrogen-bond acceptors (Lipinski definition) is 2. The van der Waals surface area contributed by atoms with Crippen molar-refractivity contribution in [2.24, 2.45) is 0 Å². The molecular formula is C19H37N3O. The first-order chi connectivity index (χ1) is 10.9. The molecule has 0 aromatic rings. The number of carbonyl (C=O) groups is 1. The molecule has 2 aliphatic heterocycles. The Morgan fingerprint density at radius 1 is 1.13 bits per heavy atom. The van der Waals surface area contributed by atoms with E-state index >= 15 is 0 Å². The Balaban J connectivity index is 1.94. The largest absolute Gasteiger partial charge is 0.335 e. The van der Waals surface area contributed by atoms with Crippen molar-refractivity contribution >= 4 is 6.03 Å². The summed E-state index contributed by atoms with van der Waals surface area (Å²) in [5, 5.41) is 3.35. The predicted molar refractivity (Wildman–Crippen MR) is 96.7 cm³/mol. The number of nitrogens with one attached hydrogen (secondary N) is 1. The van der Waals surface area contributed by atoms with E-state index in [2.05, 4.69) is 44.8 Å². The van der Waals surface area contributed by atoms with Crippen LogP contribution in [0.5, 0.6) is 0 Å². The summed E-state index contributed by atoms with van der Waals surface area (Å²) in [5.41, 5.74) is 0. The maximum atomic E-state index is 12.7. The van der Waals surface area contributed by atoms with Crippen molar-refractivity contribution in [3.63, 3.8) is 0 Å². The second kappa shape index (κ2) is 8.36. The zero-order chi connectivity index (χ0) is 17.0. The maximum absolute atomic E-state index is 12.7. The summed E-state index contributed by atoms with van der Waals surface area (Å²) >= 11 is 0. The third-order valence-electron chi connectivity index (χ3n) is 5.57. The minimum atomic E-state index is 0.125. The molecule has 0 aliphatic carbocycles. The summed E-state index contributed by atoms with van der Waals surface area (Å²) in [7, 11) is 0. The minimum absolute atomic E-state index is 0.125. The molecule has 4 heteroatoms. The van der Waals surface area contributed by atoms with E-state index in [-0.39, 0.29) is 18.1 Å². The van der Waals surface area contributed by atoms with E-state index in [0.717, 1.165) is 12.8 Å². The zero-order valence-corrected chi connectivity index (χ0v) is 15.8. The molecule has 0 spiro atoms. The standard InChI is InChI=1S/C19H37N3O/c1-6-7-11-21-17-9-8-10-18(21)13-16(12-17)20-19(23)22(14(2)3)15(4)5/h14-18H,6-13H2,1-5H3,(H,20,23). The van der Waals surface area contributed by atoms with E-state index < -0.39 is 0 Å². The molecule has 134 valence electrons. The van der Waals surface area contributed by atoms with Crippen LogP contribution in [0.2, 0.25) is 0 Å². The molecule has 0 aromatic heterocycles. The average molecular weight is 324 g/mol. The van der Waals surface area contributed by atoms with Crippen LogP contribution in [0.15, 0.2) is 0 Å². The monoisotopic (exact) mass is 323 g/mol. The van der Waals surface area contributed by atoms with Gasteiger partial charge in [-0.3, -0.25) is 4.90 Å². The molecular weight excluding hydrogens is 286 g/mol. The van der Waals surface area contributed by atoms with E-state index in [9.17, 15) is 4.79 Å². The quantitative estimate of drug-likeness (QED) is 0.802. The van der Waals surface area contributed by atoms with Gasteiger partial charge in [-0.2, -0.15) is 0 Å². The fourth-order valence-electron chi connectivity index (χ4n) is 4.62. The zero-order valence-electron chi connectivity index (χ0n) is 15.8. The van der Waals surface area contributed by atoms with Crippen LogP contribution in [0, 0.1) is 0 Å². The number of rotatable bonds is 6. The van der Waals surface area contributed by atoms with Gasteiger partial charge < -0.3 is 10.2 Å². The molecule has 2 fully saturated rings. The van der Waals surface area contributed by atoms with Crippen LogP contribution >= 0.6 is 0 Å². The molecule has 0 radical (unpaired) electrons. The average Bonchev–Trinajstić information content (AvgIpc) is 2.43. The number of nitrogens with zero attached hydrogens (tertiary/aromatic N) is 2. The van der Waals surface area contributed by atoms with Crippen molar-refractivity contribution < 1.29 is 4.79 Å². The highest BCUT2D eigenvalue weighted by Crippen LogP contribution is 2.34. The lowest BCUT2D eigenvalue weighted by molar-refractivity contribution is 0.0240. The van der Waals surface area contributed by atoms with Crippen LogP contribution in [0.4, 0.5) is 4.79 Å². The molecule has 4 nitrogen and oxygen atoms in total. The molecule has 2 heterocycles. The molecule has 1 N–H and O–H groups in total. The summed E-state index contributed by atoms with van der Waals surface area (Å²) < 4.78 is 0. The molecule has 0 saturated carbocycles. The van der Waals surface area contributed by atoms with Gasteiger partial charge in [-0.05, 0) is 66.3 Å². The molecule has 0 aromatic carbocycles. The van der Waals surface area contributed by atoms with E-state index in [1.54, 1.807) is 0 Å². The molecule has 2 atom stereocenters. The van der Waals surface area contributed by atoms with Crippen molar-refractivity contribution in [2.75, 3.05) is 6.54 Å². The van der Waals surface area contributed by atoms with Crippen LogP contribution in [0.3, 0.4) is 0 Å². The first kappa shape index (κ1) is 18.6. The summed E-state index contributed by atoms with van der Waals surface area (Å²) in [6.07, 6.45) is 8.83. The Hall–Kier alpha value is -0.770. The predicted octanol–water partition coefficient (Wildman–Crippen LogP) is 4.00. The molecule has 23 heavy (non-hydrogen) atoms. The number of carbonyl (C=O) groups excluding carboxylic acids is 1. The number of hydrogen-bond donors (Lipinski definition) is 1. The Bertz CT molecular complexity index is 361. The lowest BCUT2D eigenvalue weighted by atomic mass is 9.81. The van der Waals surface area contributed by atoms with E-state index in [1.807, 2.05) is 4.90 Å². The highest BCUT2D eigenvalue weighted by molar-refractivity contribution is 5.75. The first-order valence-corrected chi connectivity index (χ1v) is 9.78. The Morgan fingerprint density at radius 3 is 2.17 bits per heavy atom. The third kappa shape index (κ3) is 4.62. The smallest absolute Gasteiger partial charge is 0.318 e. The SMILES string of the molecule is CCCCN1C2CCCC1CC(NC(=O)N(C(C)C)C(C)C)C2. The van der Waals surface area contributed by atoms with E-state index in [4.69, 9.17) is 0 Å². The Morgan fingerprint density at radius 2 is 1.70 bits per heavy atom. The van der Waals surface area contributed by atoms with Gasteiger partial charge in [0, 0.05) is 30.2 Å². The fraction of sp³-hybridized carbons (Fsp3) is 0.947. The molecule has 2 saturated heterocycles. The molecule has 2 unspecified atom stereocenters. The topological polar surface area (TPSA) is 35.6 Å². The minimum Gasteiger partial charge on any atom is -0.335 e. The van der Waals surface area contributed by atoms with Crippen LogP contribution in [0.25, 0.3) is 0 Å². The number of amides is 2. The van der Waals surface area contributed by atoms with Gasteiger partial charge in [-0.25, -0.2) is 4.79 Å². The van der Waals surface area contributed by atoms with Crippen LogP contribution in [-0.4, -0.2) is 52.6 Å². The Kier molecular flexibility index (Phi) is 6.75. The molecule has 2 bridgehead atoms. The number of unbranched alkanes of at least 4 members (excludes halogenated alkanes) is 1. The van der Waals surface area contributed by atoms with Crippen molar-refractivity contribution in [3.8, 4) is 0 Å². The highest BCUT2D eigenvalue weighted by Gasteiger charge is 2.38. The van der Waals surface area contributed by atoms with Crippen molar-refractivity contribution in [1.82, 2.24) is 15.1 Å². The van der Waals surface area contributed by atoms with Gasteiger partial charge in [0.15, 0.2) is 0 Å². The fourth-order valence-corrected chi connectivity index (χ4v) is 4.62. The normalized spacial score (nSPS) is 28.2. The molecule has 2 amide bonds. The van der Waals surface area contributed by atoms with Crippen molar-refractivity contribution in [3.05, 3.63) is 0 Å².